The first-order valence-electron chi connectivity index (χ1n) is 17.2. The van der Waals surface area contributed by atoms with Gasteiger partial charge in [0.15, 0.2) is 12.6 Å². The van der Waals surface area contributed by atoms with Crippen molar-refractivity contribution in [1.82, 2.24) is 5.32 Å². The van der Waals surface area contributed by atoms with Crippen LogP contribution >= 0.6 is 11.8 Å². The van der Waals surface area contributed by atoms with Crippen LogP contribution in [-0.4, -0.2) is 72.9 Å². The highest BCUT2D eigenvalue weighted by molar-refractivity contribution is 8.01. The molecule has 9 atom stereocenters. The van der Waals surface area contributed by atoms with Gasteiger partial charge < -0.3 is 29.9 Å². The van der Waals surface area contributed by atoms with Crippen molar-refractivity contribution >= 4 is 11.8 Å². The summed E-state index contributed by atoms with van der Waals surface area (Å²) in [4.78, 5) is 11.0. The summed E-state index contributed by atoms with van der Waals surface area (Å²) >= 11 is 1.75. The van der Waals surface area contributed by atoms with Gasteiger partial charge in [-0.3, -0.25) is 15.4 Å². The molecule has 9 unspecified atom stereocenters. The first kappa shape index (κ1) is 34.1. The number of rotatable bonds is 12. The van der Waals surface area contributed by atoms with Crippen LogP contribution in [0.25, 0.3) is 0 Å². The molecule has 250 valence electrons. The number of hydrogen-bond donors (Lipinski definition) is 5. The molecule has 44 heavy (non-hydrogen) atoms. The highest BCUT2D eigenvalue weighted by atomic mass is 32.2. The van der Waals surface area contributed by atoms with Gasteiger partial charge in [0.05, 0.1) is 39.9 Å². The molecule has 5 rings (SSSR count). The third kappa shape index (κ3) is 8.01. The molecule has 1 heterocycles. The average Bonchev–Trinajstić information content (AvgIpc) is 3.51. The Labute approximate surface area is 266 Å². The fourth-order valence-electron chi connectivity index (χ4n) is 8.21. The highest BCUT2D eigenvalue weighted by Crippen LogP contribution is 2.46. The molecule has 0 radical (unpaired) electrons. The summed E-state index contributed by atoms with van der Waals surface area (Å²) in [5.41, 5.74) is 0.292. The number of nitrogens with one attached hydrogen (secondary N) is 1. The lowest BCUT2D eigenvalue weighted by Crippen LogP contribution is -2.50. The summed E-state index contributed by atoms with van der Waals surface area (Å²) in [5.74, 6) is 1.61. The number of ether oxygens (including phenoxy) is 2. The summed E-state index contributed by atoms with van der Waals surface area (Å²) in [6, 6.07) is -0.124. The van der Waals surface area contributed by atoms with Gasteiger partial charge >= 0.3 is 0 Å². The molecule has 0 aromatic heterocycles. The molecule has 4 aliphatic carbocycles. The maximum absolute atomic E-state index is 11.3. The standard InChI is InChI=1S/C33H54N2O8S/c1-3-25(36)19-5-9-22(10-6-19)32(38)42-27-17-18-28(43-33(39)23-11-7-20(8-12-23)26(37)4-2)30-29(27)34-31(44-30)21-13-15-24(16-14-21)35(40)41/h15,18-23,25-27,29-34,36-39H,3-14,16-17H2,1-2H3. The van der Waals surface area contributed by atoms with E-state index in [4.69, 9.17) is 9.47 Å². The Kier molecular flexibility index (Phi) is 12.1. The van der Waals surface area contributed by atoms with Crippen LogP contribution in [0.4, 0.5) is 0 Å². The van der Waals surface area contributed by atoms with E-state index in [2.05, 4.69) is 5.32 Å². The normalized spacial score (nSPS) is 38.9. The summed E-state index contributed by atoms with van der Waals surface area (Å²) in [6.07, 6.45) is 11.9. The Morgan fingerprint density at radius 2 is 1.43 bits per heavy atom. The van der Waals surface area contributed by atoms with E-state index in [1.165, 1.54) is 0 Å². The van der Waals surface area contributed by atoms with Gasteiger partial charge in [-0.25, -0.2) is 0 Å². The molecule has 5 N–H and O–H groups in total. The Balaban J connectivity index is 1.23. The van der Waals surface area contributed by atoms with E-state index < -0.39 is 12.6 Å². The highest BCUT2D eigenvalue weighted by Gasteiger charge is 2.48. The molecule has 1 saturated heterocycles. The molecule has 2 saturated carbocycles. The van der Waals surface area contributed by atoms with Crippen molar-refractivity contribution in [3.05, 3.63) is 33.7 Å². The first-order valence-corrected chi connectivity index (χ1v) is 18.1. The van der Waals surface area contributed by atoms with Crippen LogP contribution in [0.1, 0.15) is 104 Å². The second-order valence-electron chi connectivity index (χ2n) is 13.9. The van der Waals surface area contributed by atoms with Crippen molar-refractivity contribution < 1.29 is 34.8 Å². The number of allylic oxidation sites excluding steroid dienone is 2. The van der Waals surface area contributed by atoms with Crippen molar-refractivity contribution in [2.45, 2.75) is 151 Å². The Hall–Kier alpha value is -1.21. The molecule has 0 amide bonds. The Morgan fingerprint density at radius 3 is 1.95 bits per heavy atom. The molecule has 0 aromatic carbocycles. The predicted molar refractivity (Wildman–Crippen MR) is 169 cm³/mol. The fourth-order valence-corrected chi connectivity index (χ4v) is 9.94. The van der Waals surface area contributed by atoms with Gasteiger partial charge in [0.2, 0.25) is 5.70 Å². The van der Waals surface area contributed by atoms with Gasteiger partial charge in [0.1, 0.15) is 5.76 Å². The maximum atomic E-state index is 11.3. The number of aliphatic hydroxyl groups is 4. The van der Waals surface area contributed by atoms with E-state index >= 15 is 0 Å². The van der Waals surface area contributed by atoms with Crippen LogP contribution in [0.15, 0.2) is 23.6 Å². The minimum atomic E-state index is -0.918. The maximum Gasteiger partial charge on any atom is 0.242 e. The number of thioether (sulfide) groups is 1. The van der Waals surface area contributed by atoms with Crippen molar-refractivity contribution in [3.8, 4) is 0 Å². The summed E-state index contributed by atoms with van der Waals surface area (Å²) in [6.45, 7) is 4.01. The van der Waals surface area contributed by atoms with Gasteiger partial charge in [-0.2, -0.15) is 0 Å². The predicted octanol–water partition coefficient (Wildman–Crippen LogP) is 4.83. The largest absolute Gasteiger partial charge is 0.468 e. The minimum absolute atomic E-state index is 0.0194. The molecule has 3 fully saturated rings. The SMILES string of the molecule is CCC(O)C1CCC(C(O)OC2=CCC(OC(O)C3CCC(C(O)CC)CC3)C3NC(C4CC=C([N+](=O)[O-])CC4)SC23)CC1. The zero-order chi connectivity index (χ0) is 31.4. The molecule has 0 aromatic rings. The van der Waals surface area contributed by atoms with Gasteiger partial charge in [-0.05, 0) is 113 Å². The van der Waals surface area contributed by atoms with Gasteiger partial charge in [0, 0.05) is 18.3 Å². The minimum Gasteiger partial charge on any atom is -0.468 e. The lowest BCUT2D eigenvalue weighted by molar-refractivity contribution is -0.429. The Morgan fingerprint density at radius 1 is 0.864 bits per heavy atom. The number of aliphatic hydroxyl groups excluding tert-OH is 4. The summed E-state index contributed by atoms with van der Waals surface area (Å²) in [7, 11) is 0. The number of nitro groups is 1. The van der Waals surface area contributed by atoms with Crippen molar-refractivity contribution in [1.29, 1.82) is 0 Å². The third-order valence-electron chi connectivity index (χ3n) is 11.2. The number of hydrogen-bond acceptors (Lipinski definition) is 10. The van der Waals surface area contributed by atoms with Gasteiger partial charge in [0.25, 0.3) is 0 Å². The van der Waals surface area contributed by atoms with Crippen LogP contribution in [0.5, 0.6) is 0 Å². The monoisotopic (exact) mass is 638 g/mol. The first-order chi connectivity index (χ1) is 21.2. The van der Waals surface area contributed by atoms with Crippen LogP contribution in [0.2, 0.25) is 0 Å². The Bertz CT molecular complexity index is 1010. The second-order valence-corrected chi connectivity index (χ2v) is 15.2. The number of nitrogens with zero attached hydrogens (tertiary/aromatic N) is 1. The summed E-state index contributed by atoms with van der Waals surface area (Å²) in [5, 5.41) is 57.9. The molecule has 1 aliphatic heterocycles. The molecular weight excluding hydrogens is 584 g/mol. The van der Waals surface area contributed by atoms with Crippen LogP contribution < -0.4 is 5.32 Å². The van der Waals surface area contributed by atoms with Gasteiger partial charge in [-0.15, -0.1) is 11.8 Å². The average molecular weight is 639 g/mol. The van der Waals surface area contributed by atoms with Crippen molar-refractivity contribution in [3.63, 3.8) is 0 Å². The van der Waals surface area contributed by atoms with Crippen LogP contribution in [-0.2, 0) is 9.47 Å². The van der Waals surface area contributed by atoms with Crippen LogP contribution in [0.3, 0.4) is 0 Å². The molecular formula is C33H54N2O8S. The smallest absolute Gasteiger partial charge is 0.242 e. The van der Waals surface area contributed by atoms with E-state index in [1.807, 2.05) is 19.9 Å². The zero-order valence-corrected chi connectivity index (χ0v) is 27.2. The molecule has 5 aliphatic rings. The third-order valence-corrected chi connectivity index (χ3v) is 12.9. The van der Waals surface area contributed by atoms with Crippen molar-refractivity contribution in [2.75, 3.05) is 0 Å². The van der Waals surface area contributed by atoms with Crippen molar-refractivity contribution in [2.24, 2.45) is 29.6 Å². The lowest BCUT2D eigenvalue weighted by Gasteiger charge is -2.39. The zero-order valence-electron chi connectivity index (χ0n) is 26.3. The lowest BCUT2D eigenvalue weighted by atomic mass is 9.78. The van der Waals surface area contributed by atoms with E-state index in [0.29, 0.717) is 25.0 Å². The van der Waals surface area contributed by atoms with E-state index in [9.17, 15) is 30.5 Å². The van der Waals surface area contributed by atoms with E-state index in [-0.39, 0.29) is 69.5 Å². The molecule has 10 nitrogen and oxygen atoms in total. The molecule has 0 bridgehead atoms. The second kappa shape index (κ2) is 15.6. The van der Waals surface area contributed by atoms with Gasteiger partial charge in [-0.1, -0.05) is 13.8 Å². The van der Waals surface area contributed by atoms with Crippen LogP contribution in [0, 0.1) is 39.7 Å². The number of fused-ring (bicyclic) bond motifs is 1. The quantitative estimate of drug-likeness (QED) is 0.114. The summed E-state index contributed by atoms with van der Waals surface area (Å²) < 4.78 is 12.7. The molecule has 11 heteroatoms. The van der Waals surface area contributed by atoms with E-state index in [1.54, 1.807) is 17.8 Å². The topological polar surface area (TPSA) is 155 Å². The fraction of sp³-hybridized carbons (Fsp3) is 0.879. The van der Waals surface area contributed by atoms with E-state index in [0.717, 1.165) is 76.4 Å². The molecule has 0 spiro atoms.